The van der Waals surface area contributed by atoms with E-state index >= 15 is 0 Å². The molecule has 0 aromatic heterocycles. The zero-order chi connectivity index (χ0) is 16.9. The van der Waals surface area contributed by atoms with Gasteiger partial charge < -0.3 is 8.92 Å². The van der Waals surface area contributed by atoms with Gasteiger partial charge in [-0.05, 0) is 49.5 Å². The van der Waals surface area contributed by atoms with E-state index < -0.39 is 17.6 Å². The maximum atomic E-state index is 12.1. The molecule has 1 aromatic rings. The van der Waals surface area contributed by atoms with Crippen molar-refractivity contribution in [3.05, 3.63) is 47.2 Å². The Balaban J connectivity index is 1.92. The van der Waals surface area contributed by atoms with Crippen molar-refractivity contribution >= 4 is 18.0 Å². The molecule has 2 rings (SSSR count). The van der Waals surface area contributed by atoms with E-state index in [1.165, 1.54) is 0 Å². The molecule has 1 aromatic carbocycles. The quantitative estimate of drug-likeness (QED) is 0.542. The standard InChI is InChI=1S/C16H17F3O3S/c1-2-21-15(20)13-5-3-11(4-6-13)12-7-9-14(10-8-12)22-23-16(17,18)19/h3-6,9,12H,2,7-8,10H2,1H3. The molecule has 1 aliphatic carbocycles. The van der Waals surface area contributed by atoms with Gasteiger partial charge in [-0.1, -0.05) is 12.1 Å². The number of carbonyl (C=O) groups excluding carboxylic acids is 1. The van der Waals surface area contributed by atoms with Crippen LogP contribution in [0.15, 0.2) is 36.1 Å². The van der Waals surface area contributed by atoms with Gasteiger partial charge in [0.2, 0.25) is 0 Å². The number of carbonyl (C=O) groups is 1. The van der Waals surface area contributed by atoms with Crippen LogP contribution in [0, 0.1) is 0 Å². The van der Waals surface area contributed by atoms with E-state index in [4.69, 9.17) is 8.92 Å². The molecular formula is C16H17F3O3S. The third kappa shape index (κ3) is 5.49. The van der Waals surface area contributed by atoms with E-state index in [1.807, 2.05) is 12.1 Å². The molecule has 0 fully saturated rings. The number of esters is 1. The topological polar surface area (TPSA) is 35.5 Å². The summed E-state index contributed by atoms with van der Waals surface area (Å²) in [6.07, 6.45) is 3.50. The summed E-state index contributed by atoms with van der Waals surface area (Å²) in [6, 6.07) is 7.15. The Labute approximate surface area is 137 Å². The Bertz CT molecular complexity index is 567. The third-order valence-electron chi connectivity index (χ3n) is 3.51. The zero-order valence-electron chi connectivity index (χ0n) is 12.6. The van der Waals surface area contributed by atoms with Crippen LogP contribution in [0.4, 0.5) is 13.2 Å². The Morgan fingerprint density at radius 3 is 2.52 bits per heavy atom. The monoisotopic (exact) mass is 346 g/mol. The average Bonchev–Trinajstić information content (AvgIpc) is 2.53. The van der Waals surface area contributed by atoms with E-state index in [0.29, 0.717) is 37.2 Å². The van der Waals surface area contributed by atoms with E-state index in [1.54, 1.807) is 25.1 Å². The van der Waals surface area contributed by atoms with Gasteiger partial charge in [0.25, 0.3) is 0 Å². The zero-order valence-corrected chi connectivity index (χ0v) is 13.4. The van der Waals surface area contributed by atoms with Gasteiger partial charge in [-0.3, -0.25) is 0 Å². The van der Waals surface area contributed by atoms with Crippen LogP contribution in [-0.4, -0.2) is 18.1 Å². The van der Waals surface area contributed by atoms with Crippen LogP contribution in [0.3, 0.4) is 0 Å². The van der Waals surface area contributed by atoms with Crippen molar-refractivity contribution in [1.82, 2.24) is 0 Å². The summed E-state index contributed by atoms with van der Waals surface area (Å²) in [6.45, 7) is 2.07. The Kier molecular flexibility index (Phi) is 5.98. The van der Waals surface area contributed by atoms with Gasteiger partial charge >= 0.3 is 11.5 Å². The highest BCUT2D eigenvalue weighted by atomic mass is 32.2. The summed E-state index contributed by atoms with van der Waals surface area (Å²) in [7, 11) is 0. The molecule has 126 valence electrons. The number of halogens is 3. The van der Waals surface area contributed by atoms with Crippen LogP contribution < -0.4 is 0 Å². The van der Waals surface area contributed by atoms with Crippen molar-refractivity contribution in [2.24, 2.45) is 0 Å². The molecule has 0 heterocycles. The highest BCUT2D eigenvalue weighted by Gasteiger charge is 2.32. The van der Waals surface area contributed by atoms with Crippen LogP contribution in [0.5, 0.6) is 0 Å². The molecular weight excluding hydrogens is 329 g/mol. The molecule has 0 radical (unpaired) electrons. The SMILES string of the molecule is CCOC(=O)c1ccc(C2CC=C(OSC(F)(F)F)CC2)cc1. The first-order chi connectivity index (χ1) is 10.9. The second kappa shape index (κ2) is 7.77. The molecule has 1 aliphatic rings. The average molecular weight is 346 g/mol. The molecule has 0 spiro atoms. The Hall–Kier alpha value is -1.63. The van der Waals surface area contributed by atoms with Gasteiger partial charge in [-0.2, -0.15) is 13.2 Å². The van der Waals surface area contributed by atoms with Gasteiger partial charge in [0.05, 0.1) is 12.2 Å². The van der Waals surface area contributed by atoms with E-state index in [2.05, 4.69) is 0 Å². The van der Waals surface area contributed by atoms with Crippen molar-refractivity contribution in [3.8, 4) is 0 Å². The fraction of sp³-hybridized carbons (Fsp3) is 0.438. The molecule has 7 heteroatoms. The maximum Gasteiger partial charge on any atom is 0.479 e. The lowest BCUT2D eigenvalue weighted by Crippen LogP contribution is -2.08. The number of benzene rings is 1. The molecule has 1 atom stereocenters. The first-order valence-corrected chi connectivity index (χ1v) is 8.01. The minimum Gasteiger partial charge on any atom is -0.462 e. The number of hydrogen-bond donors (Lipinski definition) is 0. The summed E-state index contributed by atoms with van der Waals surface area (Å²) in [4.78, 5) is 11.6. The van der Waals surface area contributed by atoms with Crippen LogP contribution in [0.2, 0.25) is 0 Å². The predicted octanol–water partition coefficient (Wildman–Crippen LogP) is 5.20. The first-order valence-electron chi connectivity index (χ1n) is 7.27. The van der Waals surface area contributed by atoms with Crippen molar-refractivity contribution < 1.29 is 26.9 Å². The molecule has 3 nitrogen and oxygen atoms in total. The summed E-state index contributed by atoms with van der Waals surface area (Å²) in [5.41, 5.74) is -2.84. The number of rotatable bonds is 5. The molecule has 1 unspecified atom stereocenters. The summed E-state index contributed by atoms with van der Waals surface area (Å²) in [5, 5.41) is 0. The van der Waals surface area contributed by atoms with Gasteiger partial charge in [0.15, 0.2) is 12.0 Å². The van der Waals surface area contributed by atoms with Crippen molar-refractivity contribution in [1.29, 1.82) is 0 Å². The van der Waals surface area contributed by atoms with Crippen LogP contribution in [0.1, 0.15) is 48.0 Å². The summed E-state index contributed by atoms with van der Waals surface area (Å²) >= 11 is -0.473. The van der Waals surface area contributed by atoms with Crippen molar-refractivity contribution in [3.63, 3.8) is 0 Å². The highest BCUT2D eigenvalue weighted by Crippen LogP contribution is 2.38. The molecule has 0 bridgehead atoms. The van der Waals surface area contributed by atoms with Gasteiger partial charge in [-0.25, -0.2) is 4.79 Å². The number of ether oxygens (including phenoxy) is 1. The van der Waals surface area contributed by atoms with Crippen LogP contribution in [-0.2, 0) is 8.92 Å². The lowest BCUT2D eigenvalue weighted by Gasteiger charge is -2.22. The fourth-order valence-electron chi connectivity index (χ4n) is 2.40. The summed E-state index contributed by atoms with van der Waals surface area (Å²) < 4.78 is 45.9. The van der Waals surface area contributed by atoms with Crippen molar-refractivity contribution in [2.75, 3.05) is 6.61 Å². The van der Waals surface area contributed by atoms with Gasteiger partial charge in [0, 0.05) is 6.42 Å². The Morgan fingerprint density at radius 1 is 1.30 bits per heavy atom. The molecule has 0 amide bonds. The Morgan fingerprint density at radius 2 is 2.00 bits per heavy atom. The van der Waals surface area contributed by atoms with E-state index in [0.717, 1.165) is 5.56 Å². The normalized spacial score (nSPS) is 18.3. The number of hydrogen-bond acceptors (Lipinski definition) is 4. The summed E-state index contributed by atoms with van der Waals surface area (Å²) in [5.74, 6) is 0.226. The van der Waals surface area contributed by atoms with Crippen LogP contribution >= 0.6 is 12.0 Å². The largest absolute Gasteiger partial charge is 0.479 e. The van der Waals surface area contributed by atoms with E-state index in [9.17, 15) is 18.0 Å². The molecule has 0 saturated carbocycles. The lowest BCUT2D eigenvalue weighted by atomic mass is 9.87. The third-order valence-corrected chi connectivity index (χ3v) is 3.99. The number of allylic oxidation sites excluding steroid dienone is 2. The molecule has 0 N–H and O–H groups in total. The fourth-order valence-corrected chi connectivity index (χ4v) is 2.75. The molecule has 23 heavy (non-hydrogen) atoms. The second-order valence-corrected chi connectivity index (χ2v) is 5.89. The minimum atomic E-state index is -4.39. The second-order valence-electron chi connectivity index (χ2n) is 5.10. The van der Waals surface area contributed by atoms with E-state index in [-0.39, 0.29) is 11.9 Å². The predicted molar refractivity (Wildman–Crippen MR) is 81.8 cm³/mol. The minimum absolute atomic E-state index is 0.217. The first kappa shape index (κ1) is 17.7. The van der Waals surface area contributed by atoms with Gasteiger partial charge in [0.1, 0.15) is 5.76 Å². The molecule has 0 saturated heterocycles. The van der Waals surface area contributed by atoms with Crippen molar-refractivity contribution in [2.45, 2.75) is 37.6 Å². The van der Waals surface area contributed by atoms with Gasteiger partial charge in [-0.15, -0.1) is 0 Å². The number of alkyl halides is 3. The highest BCUT2D eigenvalue weighted by molar-refractivity contribution is 7.95. The van der Waals surface area contributed by atoms with Crippen LogP contribution in [0.25, 0.3) is 0 Å². The maximum absolute atomic E-state index is 12.1. The lowest BCUT2D eigenvalue weighted by molar-refractivity contribution is -0.0385. The smallest absolute Gasteiger partial charge is 0.462 e. The molecule has 0 aliphatic heterocycles.